The molecule has 1 aliphatic carbocycles. The third-order valence-electron chi connectivity index (χ3n) is 5.09. The van der Waals surface area contributed by atoms with Gasteiger partial charge in [0.1, 0.15) is 5.01 Å². The first kappa shape index (κ1) is 15.4. The highest BCUT2D eigenvalue weighted by atomic mass is 32.1. The van der Waals surface area contributed by atoms with Gasteiger partial charge in [0.25, 0.3) is 0 Å². The lowest BCUT2D eigenvalue weighted by Crippen LogP contribution is -2.62. The van der Waals surface area contributed by atoms with Gasteiger partial charge in [0.05, 0.1) is 12.2 Å². The highest BCUT2D eigenvalue weighted by Gasteiger charge is 2.45. The smallest absolute Gasteiger partial charge is 0.107 e. The molecular formula is C17H29N3S. The lowest BCUT2D eigenvalue weighted by molar-refractivity contribution is 0.0769. The van der Waals surface area contributed by atoms with Gasteiger partial charge >= 0.3 is 0 Å². The van der Waals surface area contributed by atoms with Crippen molar-refractivity contribution < 1.29 is 0 Å². The zero-order chi connectivity index (χ0) is 15.3. The molecule has 4 heteroatoms. The maximum Gasteiger partial charge on any atom is 0.107 e. The number of aromatic nitrogens is 1. The van der Waals surface area contributed by atoms with Crippen molar-refractivity contribution in [2.75, 3.05) is 13.1 Å². The van der Waals surface area contributed by atoms with Crippen LogP contribution in [-0.2, 0) is 12.0 Å². The summed E-state index contributed by atoms with van der Waals surface area (Å²) in [7, 11) is 0. The molecule has 1 N–H and O–H groups in total. The predicted octanol–water partition coefficient (Wildman–Crippen LogP) is 3.40. The molecule has 1 aromatic rings. The summed E-state index contributed by atoms with van der Waals surface area (Å²) in [5, 5.41) is 7.30. The molecule has 21 heavy (non-hydrogen) atoms. The van der Waals surface area contributed by atoms with E-state index in [0.717, 1.165) is 25.6 Å². The van der Waals surface area contributed by atoms with Gasteiger partial charge in [-0.1, -0.05) is 20.8 Å². The van der Waals surface area contributed by atoms with Gasteiger partial charge in [0.2, 0.25) is 0 Å². The van der Waals surface area contributed by atoms with E-state index in [4.69, 9.17) is 4.98 Å². The van der Waals surface area contributed by atoms with Crippen molar-refractivity contribution in [2.45, 2.75) is 71.0 Å². The molecule has 1 saturated heterocycles. The summed E-state index contributed by atoms with van der Waals surface area (Å²) >= 11 is 1.82. The number of hydrogen-bond acceptors (Lipinski definition) is 4. The number of nitrogens with one attached hydrogen (secondary N) is 1. The first-order valence-electron chi connectivity index (χ1n) is 8.22. The Labute approximate surface area is 133 Å². The predicted molar refractivity (Wildman–Crippen MR) is 89.8 cm³/mol. The summed E-state index contributed by atoms with van der Waals surface area (Å²) in [5.74, 6) is 0.883. The Morgan fingerprint density at radius 2 is 2.14 bits per heavy atom. The van der Waals surface area contributed by atoms with E-state index in [9.17, 15) is 0 Å². The van der Waals surface area contributed by atoms with Crippen molar-refractivity contribution >= 4 is 11.3 Å². The Morgan fingerprint density at radius 1 is 1.43 bits per heavy atom. The molecule has 1 aromatic heterocycles. The average molecular weight is 308 g/mol. The Morgan fingerprint density at radius 3 is 2.71 bits per heavy atom. The largest absolute Gasteiger partial charge is 0.308 e. The van der Waals surface area contributed by atoms with Crippen LogP contribution in [0.2, 0.25) is 0 Å². The van der Waals surface area contributed by atoms with E-state index in [1.165, 1.54) is 23.5 Å². The molecule has 118 valence electrons. The van der Waals surface area contributed by atoms with Gasteiger partial charge < -0.3 is 5.32 Å². The van der Waals surface area contributed by atoms with Crippen LogP contribution in [0.15, 0.2) is 5.38 Å². The number of thiazole rings is 1. The summed E-state index contributed by atoms with van der Waals surface area (Å²) in [6.45, 7) is 14.7. The van der Waals surface area contributed by atoms with Crippen molar-refractivity contribution in [3.63, 3.8) is 0 Å². The van der Waals surface area contributed by atoms with Crippen LogP contribution in [0.25, 0.3) is 0 Å². The zero-order valence-electron chi connectivity index (χ0n) is 14.1. The van der Waals surface area contributed by atoms with Crippen LogP contribution >= 0.6 is 11.3 Å². The minimum absolute atomic E-state index is 0.159. The van der Waals surface area contributed by atoms with Crippen molar-refractivity contribution in [1.29, 1.82) is 0 Å². The van der Waals surface area contributed by atoms with Crippen LogP contribution in [0.3, 0.4) is 0 Å². The summed E-state index contributed by atoms with van der Waals surface area (Å²) in [4.78, 5) is 7.50. The van der Waals surface area contributed by atoms with E-state index in [0.29, 0.717) is 11.6 Å². The van der Waals surface area contributed by atoms with E-state index < -0.39 is 0 Å². The molecule has 0 amide bonds. The van der Waals surface area contributed by atoms with Gasteiger partial charge in [0, 0.05) is 35.5 Å². The van der Waals surface area contributed by atoms with E-state index in [1.807, 2.05) is 11.3 Å². The summed E-state index contributed by atoms with van der Waals surface area (Å²) < 4.78 is 0. The fourth-order valence-electron chi connectivity index (χ4n) is 3.25. The number of nitrogens with zero attached hydrogens (tertiary/aromatic N) is 2. The molecule has 0 spiro atoms. The molecule has 0 bridgehead atoms. The minimum Gasteiger partial charge on any atom is -0.308 e. The fraction of sp³-hybridized carbons (Fsp3) is 0.824. The second-order valence-corrected chi connectivity index (χ2v) is 9.15. The molecule has 2 unspecified atom stereocenters. The summed E-state index contributed by atoms with van der Waals surface area (Å²) in [5.41, 5.74) is 1.71. The number of rotatable bonds is 3. The SMILES string of the molecule is CC1CNC(C)(C2CC2)CN1Cc1nc(C(C)(C)C)cs1. The quantitative estimate of drug-likeness (QED) is 0.927. The van der Waals surface area contributed by atoms with Crippen LogP contribution in [-0.4, -0.2) is 34.6 Å². The first-order valence-corrected chi connectivity index (χ1v) is 9.10. The third-order valence-corrected chi connectivity index (χ3v) is 5.93. The maximum absolute atomic E-state index is 4.87. The third kappa shape index (κ3) is 3.33. The van der Waals surface area contributed by atoms with Crippen LogP contribution in [0.1, 0.15) is 58.2 Å². The lowest BCUT2D eigenvalue weighted by Gasteiger charge is -2.45. The Kier molecular flexibility index (Phi) is 3.92. The van der Waals surface area contributed by atoms with Gasteiger partial charge in [0.15, 0.2) is 0 Å². The standard InChI is InChI=1S/C17H29N3S/c1-12-8-18-17(5,13-6-7-13)11-20(12)9-15-19-14(10-21-15)16(2,3)4/h10,12-13,18H,6-9,11H2,1-5H3. The minimum atomic E-state index is 0.159. The van der Waals surface area contributed by atoms with Crippen LogP contribution in [0, 0.1) is 5.92 Å². The van der Waals surface area contributed by atoms with Gasteiger partial charge in [-0.05, 0) is 32.6 Å². The molecule has 1 saturated carbocycles. The monoisotopic (exact) mass is 307 g/mol. The van der Waals surface area contributed by atoms with Crippen LogP contribution in [0.5, 0.6) is 0 Å². The van der Waals surface area contributed by atoms with E-state index in [-0.39, 0.29) is 5.41 Å². The van der Waals surface area contributed by atoms with E-state index >= 15 is 0 Å². The lowest BCUT2D eigenvalue weighted by atomic mass is 9.91. The second kappa shape index (κ2) is 5.32. The van der Waals surface area contributed by atoms with Crippen molar-refractivity contribution in [1.82, 2.24) is 15.2 Å². The molecule has 0 radical (unpaired) electrons. The highest BCUT2D eigenvalue weighted by Crippen LogP contribution is 2.41. The average Bonchev–Trinajstić information content (AvgIpc) is 3.14. The molecule has 2 heterocycles. The van der Waals surface area contributed by atoms with Gasteiger partial charge in [-0.25, -0.2) is 4.98 Å². The van der Waals surface area contributed by atoms with Crippen LogP contribution in [0.4, 0.5) is 0 Å². The summed E-state index contributed by atoms with van der Waals surface area (Å²) in [6, 6.07) is 0.596. The molecule has 3 rings (SSSR count). The molecule has 3 nitrogen and oxygen atoms in total. The fourth-order valence-corrected chi connectivity index (χ4v) is 4.30. The van der Waals surface area contributed by atoms with Gasteiger partial charge in [-0.15, -0.1) is 11.3 Å². The molecule has 0 aromatic carbocycles. The Balaban J connectivity index is 1.69. The topological polar surface area (TPSA) is 28.2 Å². The van der Waals surface area contributed by atoms with Crippen molar-refractivity contribution in [3.8, 4) is 0 Å². The molecule has 2 aliphatic rings. The van der Waals surface area contributed by atoms with Gasteiger partial charge in [-0.3, -0.25) is 4.90 Å². The molecule has 2 fully saturated rings. The molecule has 1 aliphatic heterocycles. The first-order chi connectivity index (χ1) is 9.78. The van der Waals surface area contributed by atoms with Crippen molar-refractivity contribution in [2.24, 2.45) is 5.92 Å². The normalized spacial score (nSPS) is 31.6. The Hall–Kier alpha value is -0.450. The zero-order valence-corrected chi connectivity index (χ0v) is 14.9. The Bertz CT molecular complexity index is 500. The van der Waals surface area contributed by atoms with E-state index in [1.54, 1.807) is 0 Å². The number of piperazine rings is 1. The number of hydrogen-bond donors (Lipinski definition) is 1. The maximum atomic E-state index is 4.87. The van der Waals surface area contributed by atoms with Gasteiger partial charge in [-0.2, -0.15) is 0 Å². The molecule has 2 atom stereocenters. The summed E-state index contributed by atoms with van der Waals surface area (Å²) in [6.07, 6.45) is 2.80. The second-order valence-electron chi connectivity index (χ2n) is 8.20. The highest BCUT2D eigenvalue weighted by molar-refractivity contribution is 7.09. The van der Waals surface area contributed by atoms with Crippen LogP contribution < -0.4 is 5.32 Å². The van der Waals surface area contributed by atoms with E-state index in [2.05, 4.69) is 50.2 Å². The van der Waals surface area contributed by atoms with Crippen molar-refractivity contribution in [3.05, 3.63) is 16.1 Å². The molecular weight excluding hydrogens is 278 g/mol.